The predicted molar refractivity (Wildman–Crippen MR) is 78.0 cm³/mol. The van der Waals surface area contributed by atoms with Gasteiger partial charge in [-0.2, -0.15) is 0 Å². The lowest BCUT2D eigenvalue weighted by molar-refractivity contribution is 0.588. The molecule has 0 aliphatic heterocycles. The first-order chi connectivity index (χ1) is 9.11. The Labute approximate surface area is 124 Å². The van der Waals surface area contributed by atoms with Crippen molar-refractivity contribution in [2.75, 3.05) is 5.33 Å². The number of hydrogen-bond acceptors (Lipinski definition) is 0. The van der Waals surface area contributed by atoms with Gasteiger partial charge in [-0.15, -0.1) is 0 Å². The van der Waals surface area contributed by atoms with Gasteiger partial charge in [-0.1, -0.05) is 45.7 Å². The topological polar surface area (TPSA) is 0 Å². The van der Waals surface area contributed by atoms with E-state index in [2.05, 4.69) is 15.9 Å². The van der Waals surface area contributed by atoms with Crippen molar-refractivity contribution in [3.05, 3.63) is 70.2 Å². The van der Waals surface area contributed by atoms with Gasteiger partial charge in [-0.25, -0.2) is 8.78 Å². The molecule has 0 radical (unpaired) electrons. The van der Waals surface area contributed by atoms with Crippen LogP contribution in [0.2, 0.25) is 5.02 Å². The van der Waals surface area contributed by atoms with E-state index in [1.54, 1.807) is 18.2 Å². The van der Waals surface area contributed by atoms with Gasteiger partial charge < -0.3 is 0 Å². The maximum Gasteiger partial charge on any atom is 0.126 e. The van der Waals surface area contributed by atoms with Gasteiger partial charge in [-0.05, 0) is 41.8 Å². The molecule has 1 atom stereocenters. The molecule has 0 aromatic heterocycles. The molecule has 1 unspecified atom stereocenters. The van der Waals surface area contributed by atoms with Gasteiger partial charge in [0.1, 0.15) is 11.6 Å². The van der Waals surface area contributed by atoms with E-state index in [-0.39, 0.29) is 17.6 Å². The van der Waals surface area contributed by atoms with E-state index in [9.17, 15) is 8.78 Å². The third-order valence-corrected chi connectivity index (χ3v) is 4.16. The minimum Gasteiger partial charge on any atom is -0.207 e. The van der Waals surface area contributed by atoms with Crippen molar-refractivity contribution >= 4 is 27.5 Å². The molecule has 0 nitrogen and oxygen atoms in total. The molecule has 4 heteroatoms. The molecule has 0 fully saturated rings. The molecule has 2 rings (SSSR count). The maximum absolute atomic E-state index is 13.8. The fourth-order valence-electron chi connectivity index (χ4n) is 2.02. The number of halogens is 4. The van der Waals surface area contributed by atoms with Gasteiger partial charge in [0.15, 0.2) is 0 Å². The number of hydrogen-bond donors (Lipinski definition) is 0. The summed E-state index contributed by atoms with van der Waals surface area (Å²) >= 11 is 9.43. The van der Waals surface area contributed by atoms with Crippen LogP contribution in [0.1, 0.15) is 17.0 Å². The fraction of sp³-hybridized carbons (Fsp3) is 0.200. The van der Waals surface area contributed by atoms with Gasteiger partial charge in [0.2, 0.25) is 0 Å². The van der Waals surface area contributed by atoms with E-state index >= 15 is 0 Å². The van der Waals surface area contributed by atoms with Crippen molar-refractivity contribution in [3.8, 4) is 0 Å². The van der Waals surface area contributed by atoms with E-state index in [1.807, 2.05) is 0 Å². The SMILES string of the molecule is Fc1ccc(Cl)c(CC(CBr)c2ccccc2F)c1. The van der Waals surface area contributed by atoms with E-state index in [0.29, 0.717) is 27.9 Å². The molecule has 0 aliphatic rings. The van der Waals surface area contributed by atoms with Crippen LogP contribution in [0.5, 0.6) is 0 Å². The summed E-state index contributed by atoms with van der Waals surface area (Å²) in [5, 5.41) is 1.09. The summed E-state index contributed by atoms with van der Waals surface area (Å²) in [6.45, 7) is 0. The Morgan fingerprint density at radius 2 is 1.84 bits per heavy atom. The Hall–Kier alpha value is -0.930. The molecule has 19 heavy (non-hydrogen) atoms. The predicted octanol–water partition coefficient (Wildman–Crippen LogP) is 5.34. The lowest BCUT2D eigenvalue weighted by Crippen LogP contribution is -2.07. The summed E-state index contributed by atoms with van der Waals surface area (Å²) in [5.74, 6) is -0.666. The highest BCUT2D eigenvalue weighted by Gasteiger charge is 2.16. The third-order valence-electron chi connectivity index (χ3n) is 3.01. The smallest absolute Gasteiger partial charge is 0.126 e. The second-order valence-corrected chi connectivity index (χ2v) is 5.37. The highest BCUT2D eigenvalue weighted by atomic mass is 79.9. The Bertz CT molecular complexity index is 572. The summed E-state index contributed by atoms with van der Waals surface area (Å²) in [6.07, 6.45) is 0.489. The van der Waals surface area contributed by atoms with Crippen LogP contribution in [0.3, 0.4) is 0 Å². The molecular formula is C15H12BrClF2. The Morgan fingerprint density at radius 1 is 1.11 bits per heavy atom. The summed E-state index contributed by atoms with van der Waals surface area (Å²) in [4.78, 5) is 0. The number of rotatable bonds is 4. The number of alkyl halides is 1. The molecule has 0 N–H and O–H groups in total. The molecule has 0 aliphatic carbocycles. The molecule has 0 amide bonds. The maximum atomic E-state index is 13.8. The van der Waals surface area contributed by atoms with Crippen LogP contribution < -0.4 is 0 Å². The molecule has 2 aromatic rings. The normalized spacial score (nSPS) is 12.4. The Morgan fingerprint density at radius 3 is 2.53 bits per heavy atom. The summed E-state index contributed by atoms with van der Waals surface area (Å²) in [6, 6.07) is 10.9. The highest BCUT2D eigenvalue weighted by molar-refractivity contribution is 9.09. The van der Waals surface area contributed by atoms with Crippen molar-refractivity contribution in [1.82, 2.24) is 0 Å². The Balaban J connectivity index is 2.29. The van der Waals surface area contributed by atoms with Crippen LogP contribution >= 0.6 is 27.5 Å². The zero-order valence-corrected chi connectivity index (χ0v) is 12.4. The lowest BCUT2D eigenvalue weighted by Gasteiger charge is -2.16. The summed E-state index contributed by atoms with van der Waals surface area (Å²) in [7, 11) is 0. The summed E-state index contributed by atoms with van der Waals surface area (Å²) in [5.41, 5.74) is 1.30. The minimum atomic E-state index is -0.332. The van der Waals surface area contributed by atoms with E-state index in [0.717, 1.165) is 0 Å². The molecule has 0 bridgehead atoms. The average Bonchev–Trinajstić information content (AvgIpc) is 2.41. The van der Waals surface area contributed by atoms with Gasteiger partial charge in [0, 0.05) is 16.3 Å². The zero-order valence-electron chi connectivity index (χ0n) is 10.0. The molecule has 2 aromatic carbocycles. The number of benzene rings is 2. The quantitative estimate of drug-likeness (QED) is 0.656. The largest absolute Gasteiger partial charge is 0.207 e. The molecule has 0 spiro atoms. The fourth-order valence-corrected chi connectivity index (χ4v) is 2.79. The molecule has 100 valence electrons. The standard InChI is InChI=1S/C15H12BrClF2/c16-9-11(13-3-1-2-4-15(13)19)7-10-8-12(18)5-6-14(10)17/h1-6,8,11H,7,9H2. The van der Waals surface area contributed by atoms with Crippen LogP contribution in [0.4, 0.5) is 8.78 Å². The molecule has 0 saturated heterocycles. The average molecular weight is 346 g/mol. The van der Waals surface area contributed by atoms with Gasteiger partial charge in [-0.3, -0.25) is 0 Å². The molecule has 0 heterocycles. The Kier molecular flexibility index (Phi) is 4.94. The van der Waals surface area contributed by atoms with Crippen LogP contribution in [-0.4, -0.2) is 5.33 Å². The highest BCUT2D eigenvalue weighted by Crippen LogP contribution is 2.28. The third kappa shape index (κ3) is 3.54. The van der Waals surface area contributed by atoms with E-state index < -0.39 is 0 Å². The van der Waals surface area contributed by atoms with Crippen LogP contribution in [0.15, 0.2) is 42.5 Å². The second-order valence-electron chi connectivity index (χ2n) is 4.31. The first-order valence-electron chi connectivity index (χ1n) is 5.86. The van der Waals surface area contributed by atoms with Crippen molar-refractivity contribution in [3.63, 3.8) is 0 Å². The molecular weight excluding hydrogens is 334 g/mol. The van der Waals surface area contributed by atoms with Crippen molar-refractivity contribution < 1.29 is 8.78 Å². The van der Waals surface area contributed by atoms with Gasteiger partial charge in [0.25, 0.3) is 0 Å². The van der Waals surface area contributed by atoms with Crippen molar-refractivity contribution in [2.45, 2.75) is 12.3 Å². The first-order valence-corrected chi connectivity index (χ1v) is 7.36. The van der Waals surface area contributed by atoms with Crippen LogP contribution in [0.25, 0.3) is 0 Å². The van der Waals surface area contributed by atoms with Gasteiger partial charge in [0.05, 0.1) is 0 Å². The van der Waals surface area contributed by atoms with E-state index in [4.69, 9.17) is 11.6 Å². The van der Waals surface area contributed by atoms with Crippen molar-refractivity contribution in [2.24, 2.45) is 0 Å². The lowest BCUT2D eigenvalue weighted by atomic mass is 9.93. The van der Waals surface area contributed by atoms with Crippen molar-refractivity contribution in [1.29, 1.82) is 0 Å². The van der Waals surface area contributed by atoms with E-state index in [1.165, 1.54) is 24.3 Å². The minimum absolute atomic E-state index is 0.0829. The molecule has 0 saturated carbocycles. The van der Waals surface area contributed by atoms with Crippen LogP contribution in [-0.2, 0) is 6.42 Å². The summed E-state index contributed by atoms with van der Waals surface area (Å²) < 4.78 is 27.0. The monoisotopic (exact) mass is 344 g/mol. The van der Waals surface area contributed by atoms with Crippen LogP contribution in [0, 0.1) is 11.6 Å². The second kappa shape index (κ2) is 6.49. The zero-order chi connectivity index (χ0) is 13.8. The van der Waals surface area contributed by atoms with Gasteiger partial charge >= 0.3 is 0 Å². The first kappa shape index (κ1) is 14.5.